The van der Waals surface area contributed by atoms with Crippen LogP contribution in [0.1, 0.15) is 30.9 Å². The minimum atomic E-state index is -4.74. The summed E-state index contributed by atoms with van der Waals surface area (Å²) < 4.78 is 20.8. The van der Waals surface area contributed by atoms with E-state index < -0.39 is 43.6 Å². The molecule has 212 valence electrons. The normalized spacial score (nSPS) is 12.5. The molecule has 14 heteroatoms. The van der Waals surface area contributed by atoms with Crippen LogP contribution >= 0.6 is 7.82 Å². The van der Waals surface area contributed by atoms with Crippen LogP contribution in [0.25, 0.3) is 0 Å². The highest BCUT2D eigenvalue weighted by Gasteiger charge is 2.27. The number of ether oxygens (including phenoxy) is 1. The number of para-hydroxylation sites is 1. The van der Waals surface area contributed by atoms with E-state index in [1.807, 2.05) is 18.2 Å². The standard InChI is InChI=1S/C25H32N3O10P/c1-16(29)27-21(15-17-7-9-19(10-8-17)38-39(34,35)36)25(33)28-20(11-12-23(30)31)24(32)26-14-13-18-5-3-4-6-22(18)37-2/h3-10,20-21H,11-15H2,1-2H3,(H,26,32)(H,27,29)(H,28,33)(H,30,31)(H2,34,35,36)/t20-,21-/m0/s1. The lowest BCUT2D eigenvalue weighted by Gasteiger charge is -2.23. The first-order chi connectivity index (χ1) is 18.4. The van der Waals surface area contributed by atoms with E-state index in [1.54, 1.807) is 6.07 Å². The second-order valence-corrected chi connectivity index (χ2v) is 9.69. The number of carbonyl (C=O) groups is 4. The van der Waals surface area contributed by atoms with Crippen molar-refractivity contribution in [1.82, 2.24) is 16.0 Å². The van der Waals surface area contributed by atoms with E-state index in [0.29, 0.717) is 17.7 Å². The van der Waals surface area contributed by atoms with Gasteiger partial charge in [0.15, 0.2) is 0 Å². The molecule has 0 aromatic heterocycles. The third kappa shape index (κ3) is 11.6. The minimum absolute atomic E-state index is 0.0251. The molecule has 2 atom stereocenters. The third-order valence-corrected chi connectivity index (χ3v) is 5.90. The number of carboxylic acids is 1. The van der Waals surface area contributed by atoms with E-state index in [1.165, 1.54) is 38.3 Å². The van der Waals surface area contributed by atoms with Crippen molar-refractivity contribution < 1.29 is 47.9 Å². The Morgan fingerprint density at radius 1 is 0.949 bits per heavy atom. The highest BCUT2D eigenvalue weighted by molar-refractivity contribution is 7.46. The molecule has 13 nitrogen and oxygen atoms in total. The molecule has 0 aliphatic rings. The smallest absolute Gasteiger partial charge is 0.496 e. The predicted molar refractivity (Wildman–Crippen MR) is 139 cm³/mol. The Balaban J connectivity index is 2.09. The summed E-state index contributed by atoms with van der Waals surface area (Å²) in [6.45, 7) is 1.42. The Kier molecular flexibility index (Phi) is 11.9. The summed E-state index contributed by atoms with van der Waals surface area (Å²) in [7, 11) is -3.21. The van der Waals surface area contributed by atoms with Gasteiger partial charge in [-0.25, -0.2) is 4.57 Å². The number of aliphatic carboxylic acids is 1. The molecule has 0 spiro atoms. The molecule has 2 aromatic rings. The van der Waals surface area contributed by atoms with E-state index in [-0.39, 0.29) is 31.6 Å². The van der Waals surface area contributed by atoms with Gasteiger partial charge in [-0.15, -0.1) is 0 Å². The molecule has 2 aromatic carbocycles. The van der Waals surface area contributed by atoms with Crippen LogP contribution < -0.4 is 25.2 Å². The van der Waals surface area contributed by atoms with Gasteiger partial charge in [-0.05, 0) is 42.2 Å². The van der Waals surface area contributed by atoms with Crippen LogP contribution in [0, 0.1) is 0 Å². The van der Waals surface area contributed by atoms with Gasteiger partial charge in [-0.3, -0.25) is 29.0 Å². The number of carbonyl (C=O) groups excluding carboxylic acids is 3. The molecule has 0 aliphatic carbocycles. The lowest BCUT2D eigenvalue weighted by molar-refractivity contribution is -0.138. The van der Waals surface area contributed by atoms with Crippen LogP contribution in [-0.4, -0.2) is 64.3 Å². The molecule has 0 fully saturated rings. The molecule has 0 heterocycles. The molecule has 0 radical (unpaired) electrons. The molecular formula is C25H32N3O10P. The van der Waals surface area contributed by atoms with Crippen LogP contribution in [0.4, 0.5) is 0 Å². The van der Waals surface area contributed by atoms with Crippen LogP contribution in [0.15, 0.2) is 48.5 Å². The first-order valence-corrected chi connectivity index (χ1v) is 13.4. The molecule has 0 saturated carbocycles. The number of benzene rings is 2. The molecule has 0 saturated heterocycles. The van der Waals surface area contributed by atoms with Crippen molar-refractivity contribution in [1.29, 1.82) is 0 Å². The van der Waals surface area contributed by atoms with Gasteiger partial charge in [0.2, 0.25) is 17.7 Å². The first-order valence-electron chi connectivity index (χ1n) is 11.9. The largest absolute Gasteiger partial charge is 0.524 e. The highest BCUT2D eigenvalue weighted by atomic mass is 31.2. The van der Waals surface area contributed by atoms with E-state index in [0.717, 1.165) is 5.56 Å². The maximum absolute atomic E-state index is 13.1. The number of nitrogens with one attached hydrogen (secondary N) is 3. The molecule has 39 heavy (non-hydrogen) atoms. The summed E-state index contributed by atoms with van der Waals surface area (Å²) in [5, 5.41) is 16.8. The zero-order valence-electron chi connectivity index (χ0n) is 21.5. The molecule has 3 amide bonds. The van der Waals surface area contributed by atoms with Crippen molar-refractivity contribution in [3.05, 3.63) is 59.7 Å². The summed E-state index contributed by atoms with van der Waals surface area (Å²) >= 11 is 0. The fraction of sp³-hybridized carbons (Fsp3) is 0.360. The van der Waals surface area contributed by atoms with Gasteiger partial charge < -0.3 is 30.3 Å². The monoisotopic (exact) mass is 565 g/mol. The van der Waals surface area contributed by atoms with Gasteiger partial charge in [-0.2, -0.15) is 0 Å². The number of carboxylic acid groups (broad SMARTS) is 1. The summed E-state index contributed by atoms with van der Waals surface area (Å²) in [6.07, 6.45) is -0.145. The second kappa shape index (κ2) is 14.9. The zero-order valence-corrected chi connectivity index (χ0v) is 22.4. The first kappa shape index (κ1) is 31.3. The third-order valence-electron chi connectivity index (χ3n) is 5.45. The number of rotatable bonds is 15. The Hall–Kier alpha value is -3.93. The maximum atomic E-state index is 13.1. The van der Waals surface area contributed by atoms with Crippen LogP contribution in [0.5, 0.6) is 11.5 Å². The fourth-order valence-electron chi connectivity index (χ4n) is 3.68. The summed E-state index contributed by atoms with van der Waals surface area (Å²) in [5.74, 6) is -2.39. The van der Waals surface area contributed by atoms with E-state index in [9.17, 15) is 23.7 Å². The molecule has 2 rings (SSSR count). The maximum Gasteiger partial charge on any atom is 0.524 e. The number of phosphoric ester groups is 1. The quantitative estimate of drug-likeness (QED) is 0.169. The second-order valence-electron chi connectivity index (χ2n) is 8.53. The number of hydrogen-bond donors (Lipinski definition) is 6. The Bertz CT molecular complexity index is 1200. The summed E-state index contributed by atoms with van der Waals surface area (Å²) in [6, 6.07) is 10.5. The van der Waals surface area contributed by atoms with Gasteiger partial charge in [0.25, 0.3) is 0 Å². The lowest BCUT2D eigenvalue weighted by atomic mass is 10.0. The zero-order chi connectivity index (χ0) is 29.0. The summed E-state index contributed by atoms with van der Waals surface area (Å²) in [4.78, 5) is 66.7. The summed E-state index contributed by atoms with van der Waals surface area (Å²) in [5.41, 5.74) is 1.37. The van der Waals surface area contributed by atoms with E-state index in [4.69, 9.17) is 19.6 Å². The predicted octanol–water partition coefficient (Wildman–Crippen LogP) is 0.922. The fourth-order valence-corrected chi connectivity index (χ4v) is 4.07. The molecule has 6 N–H and O–H groups in total. The lowest BCUT2D eigenvalue weighted by Crippen LogP contribution is -2.54. The SMILES string of the molecule is COc1ccccc1CCNC(=O)[C@H](CCC(=O)O)NC(=O)[C@H](Cc1ccc(OP(=O)(O)O)cc1)NC(C)=O. The van der Waals surface area contributed by atoms with Crippen molar-refractivity contribution in [3.63, 3.8) is 0 Å². The molecule has 0 bridgehead atoms. The average Bonchev–Trinajstić information content (AvgIpc) is 2.86. The highest BCUT2D eigenvalue weighted by Crippen LogP contribution is 2.37. The van der Waals surface area contributed by atoms with Crippen molar-refractivity contribution in [2.24, 2.45) is 0 Å². The van der Waals surface area contributed by atoms with Gasteiger partial charge in [0.1, 0.15) is 23.6 Å². The molecular weight excluding hydrogens is 533 g/mol. The molecule has 0 aliphatic heterocycles. The number of hydrogen-bond acceptors (Lipinski definition) is 7. The van der Waals surface area contributed by atoms with Crippen LogP contribution in [0.2, 0.25) is 0 Å². The van der Waals surface area contributed by atoms with Crippen molar-refractivity contribution in [2.75, 3.05) is 13.7 Å². The van der Waals surface area contributed by atoms with Gasteiger partial charge >= 0.3 is 13.8 Å². The van der Waals surface area contributed by atoms with E-state index >= 15 is 0 Å². The van der Waals surface area contributed by atoms with Crippen molar-refractivity contribution >= 4 is 31.5 Å². The Morgan fingerprint density at radius 2 is 1.62 bits per heavy atom. The van der Waals surface area contributed by atoms with Crippen molar-refractivity contribution in [2.45, 2.75) is 44.7 Å². The minimum Gasteiger partial charge on any atom is -0.496 e. The van der Waals surface area contributed by atoms with Gasteiger partial charge in [0, 0.05) is 26.3 Å². The number of methoxy groups -OCH3 is 1. The van der Waals surface area contributed by atoms with Crippen LogP contribution in [-0.2, 0) is 36.6 Å². The van der Waals surface area contributed by atoms with Crippen molar-refractivity contribution in [3.8, 4) is 11.5 Å². The van der Waals surface area contributed by atoms with Gasteiger partial charge in [-0.1, -0.05) is 30.3 Å². The average molecular weight is 566 g/mol. The number of amides is 3. The number of phosphoric acid groups is 1. The topological polar surface area (TPSA) is 201 Å². The van der Waals surface area contributed by atoms with E-state index in [2.05, 4.69) is 20.5 Å². The molecule has 0 unspecified atom stereocenters. The Labute approximate surface area is 225 Å². The Morgan fingerprint density at radius 3 is 2.21 bits per heavy atom. The van der Waals surface area contributed by atoms with Crippen LogP contribution in [0.3, 0.4) is 0 Å². The van der Waals surface area contributed by atoms with Gasteiger partial charge in [0.05, 0.1) is 7.11 Å².